The highest BCUT2D eigenvalue weighted by Gasteiger charge is 1.96. The van der Waals surface area contributed by atoms with Gasteiger partial charge in [-0.1, -0.05) is 23.7 Å². The molecule has 3 heteroatoms. The van der Waals surface area contributed by atoms with Crippen LogP contribution in [-0.2, 0) is 0 Å². The maximum Gasteiger partial charge on any atom is 0.197 e. The molecule has 0 saturated heterocycles. The predicted molar refractivity (Wildman–Crippen MR) is 51.3 cm³/mol. The van der Waals surface area contributed by atoms with Crippen molar-refractivity contribution in [1.29, 1.82) is 0 Å². The van der Waals surface area contributed by atoms with Crippen molar-refractivity contribution in [2.45, 2.75) is 0 Å². The van der Waals surface area contributed by atoms with Crippen LogP contribution in [-0.4, -0.2) is 9.97 Å². The molecule has 0 bridgehead atoms. The van der Waals surface area contributed by atoms with Crippen molar-refractivity contribution in [3.8, 4) is 11.1 Å². The minimum Gasteiger partial charge on any atom is -0.233 e. The lowest BCUT2D eigenvalue weighted by Gasteiger charge is -1.98. The van der Waals surface area contributed by atoms with E-state index in [0.717, 1.165) is 16.1 Å². The first-order chi connectivity index (χ1) is 6.36. The highest BCUT2D eigenvalue weighted by molar-refractivity contribution is 6.30. The molecule has 2 aromatic rings. The topological polar surface area (TPSA) is 25.8 Å². The summed E-state index contributed by atoms with van der Waals surface area (Å²) in [4.78, 5) is 7.63. The van der Waals surface area contributed by atoms with E-state index in [9.17, 15) is 0 Å². The van der Waals surface area contributed by atoms with Gasteiger partial charge in [-0.2, -0.15) is 0 Å². The molecule has 0 N–H and O–H groups in total. The third-order valence-electron chi connectivity index (χ3n) is 1.70. The first-order valence-electron chi connectivity index (χ1n) is 3.80. The van der Waals surface area contributed by atoms with Crippen molar-refractivity contribution in [2.24, 2.45) is 0 Å². The normalized spacial score (nSPS) is 9.92. The molecule has 0 atom stereocenters. The van der Waals surface area contributed by atoms with Gasteiger partial charge in [-0.15, -0.1) is 0 Å². The SMILES string of the molecule is Clc1ccc(-c2cn[c]nc2)cc1. The highest BCUT2D eigenvalue weighted by Crippen LogP contribution is 2.19. The summed E-state index contributed by atoms with van der Waals surface area (Å²) in [5, 5.41) is 0.729. The second kappa shape index (κ2) is 3.54. The predicted octanol–water partition coefficient (Wildman–Crippen LogP) is 2.60. The van der Waals surface area contributed by atoms with Crippen LogP contribution in [0.25, 0.3) is 11.1 Å². The second-order valence-electron chi connectivity index (χ2n) is 2.58. The average molecular weight is 190 g/mol. The van der Waals surface area contributed by atoms with Gasteiger partial charge in [0.1, 0.15) is 0 Å². The van der Waals surface area contributed by atoms with Crippen LogP contribution in [0.3, 0.4) is 0 Å². The molecule has 2 nitrogen and oxygen atoms in total. The van der Waals surface area contributed by atoms with Gasteiger partial charge in [0.2, 0.25) is 0 Å². The fraction of sp³-hybridized carbons (Fsp3) is 0. The molecular weight excluding hydrogens is 184 g/mol. The van der Waals surface area contributed by atoms with Gasteiger partial charge in [0, 0.05) is 23.0 Å². The average Bonchev–Trinajstić information content (AvgIpc) is 2.20. The Hall–Kier alpha value is -1.41. The number of aromatic nitrogens is 2. The zero-order valence-corrected chi connectivity index (χ0v) is 7.49. The van der Waals surface area contributed by atoms with Crippen molar-refractivity contribution in [3.63, 3.8) is 0 Å². The molecule has 63 valence electrons. The molecule has 1 radical (unpaired) electrons. The largest absolute Gasteiger partial charge is 0.233 e. The van der Waals surface area contributed by atoms with Crippen molar-refractivity contribution < 1.29 is 0 Å². The number of rotatable bonds is 1. The lowest BCUT2D eigenvalue weighted by molar-refractivity contribution is 1.15. The highest BCUT2D eigenvalue weighted by atomic mass is 35.5. The van der Waals surface area contributed by atoms with Crippen LogP contribution in [0.1, 0.15) is 0 Å². The Bertz CT molecular complexity index is 383. The summed E-state index contributed by atoms with van der Waals surface area (Å²) in [6.45, 7) is 0. The van der Waals surface area contributed by atoms with E-state index in [-0.39, 0.29) is 0 Å². The fourth-order valence-electron chi connectivity index (χ4n) is 1.05. The molecule has 0 fully saturated rings. The monoisotopic (exact) mass is 189 g/mol. The van der Waals surface area contributed by atoms with Crippen molar-refractivity contribution >= 4 is 11.6 Å². The minimum absolute atomic E-state index is 0.729. The summed E-state index contributed by atoms with van der Waals surface area (Å²) in [6, 6.07) is 7.54. The first-order valence-corrected chi connectivity index (χ1v) is 4.18. The number of halogens is 1. The summed E-state index contributed by atoms with van der Waals surface area (Å²) in [7, 11) is 0. The summed E-state index contributed by atoms with van der Waals surface area (Å²) in [6.07, 6.45) is 5.92. The lowest BCUT2D eigenvalue weighted by Crippen LogP contribution is -1.81. The van der Waals surface area contributed by atoms with Crippen LogP contribution in [0.15, 0.2) is 36.7 Å². The Morgan fingerprint density at radius 1 is 0.923 bits per heavy atom. The summed E-state index contributed by atoms with van der Waals surface area (Å²) in [5.74, 6) is 0. The van der Waals surface area contributed by atoms with Gasteiger partial charge < -0.3 is 0 Å². The van der Waals surface area contributed by atoms with E-state index in [4.69, 9.17) is 11.6 Å². The number of benzene rings is 1. The van der Waals surface area contributed by atoms with Gasteiger partial charge in [-0.3, -0.25) is 0 Å². The van der Waals surface area contributed by atoms with Gasteiger partial charge in [-0.05, 0) is 17.7 Å². The summed E-state index contributed by atoms with van der Waals surface area (Å²) < 4.78 is 0. The van der Waals surface area contributed by atoms with E-state index in [1.165, 1.54) is 0 Å². The van der Waals surface area contributed by atoms with Gasteiger partial charge in [0.15, 0.2) is 6.33 Å². The Morgan fingerprint density at radius 3 is 2.15 bits per heavy atom. The van der Waals surface area contributed by atoms with E-state index >= 15 is 0 Å². The zero-order valence-electron chi connectivity index (χ0n) is 6.74. The third-order valence-corrected chi connectivity index (χ3v) is 1.95. The maximum atomic E-state index is 5.76. The Balaban J connectivity index is 2.42. The van der Waals surface area contributed by atoms with E-state index in [1.54, 1.807) is 12.4 Å². The Labute approximate surface area is 81.2 Å². The first kappa shape index (κ1) is 8.20. The minimum atomic E-state index is 0.729. The van der Waals surface area contributed by atoms with Crippen molar-refractivity contribution in [3.05, 3.63) is 48.0 Å². The van der Waals surface area contributed by atoms with Gasteiger partial charge >= 0.3 is 0 Å². The van der Waals surface area contributed by atoms with E-state index in [1.807, 2.05) is 24.3 Å². The molecule has 0 aliphatic rings. The van der Waals surface area contributed by atoms with E-state index in [2.05, 4.69) is 16.3 Å². The van der Waals surface area contributed by atoms with Crippen LogP contribution in [0.2, 0.25) is 5.02 Å². The van der Waals surface area contributed by atoms with Crippen LogP contribution < -0.4 is 0 Å². The van der Waals surface area contributed by atoms with Crippen LogP contribution >= 0.6 is 11.6 Å². The van der Waals surface area contributed by atoms with E-state index < -0.39 is 0 Å². The summed E-state index contributed by atoms with van der Waals surface area (Å²) >= 11 is 5.76. The molecule has 0 unspecified atom stereocenters. The summed E-state index contributed by atoms with van der Waals surface area (Å²) in [5.41, 5.74) is 2.02. The molecule has 0 amide bonds. The zero-order chi connectivity index (χ0) is 9.10. The molecule has 0 spiro atoms. The molecule has 1 aromatic heterocycles. The van der Waals surface area contributed by atoms with Crippen LogP contribution in [0.4, 0.5) is 0 Å². The maximum absolute atomic E-state index is 5.76. The smallest absolute Gasteiger partial charge is 0.197 e. The van der Waals surface area contributed by atoms with Crippen molar-refractivity contribution in [2.75, 3.05) is 0 Å². The van der Waals surface area contributed by atoms with Gasteiger partial charge in [0.05, 0.1) is 0 Å². The Kier molecular flexibility index (Phi) is 2.23. The van der Waals surface area contributed by atoms with Gasteiger partial charge in [0.25, 0.3) is 0 Å². The second-order valence-corrected chi connectivity index (χ2v) is 3.02. The quantitative estimate of drug-likeness (QED) is 0.689. The standard InChI is InChI=1S/C10H6ClN2/c11-10-3-1-8(2-4-10)9-5-12-7-13-6-9/h1-6H. The molecule has 0 saturated carbocycles. The molecule has 1 heterocycles. The lowest BCUT2D eigenvalue weighted by atomic mass is 10.1. The van der Waals surface area contributed by atoms with Crippen LogP contribution in [0.5, 0.6) is 0 Å². The Morgan fingerprint density at radius 2 is 1.54 bits per heavy atom. The van der Waals surface area contributed by atoms with Crippen molar-refractivity contribution in [1.82, 2.24) is 9.97 Å². The molecular formula is C10H6ClN2. The number of hydrogen-bond acceptors (Lipinski definition) is 2. The molecule has 0 aliphatic carbocycles. The number of hydrogen-bond donors (Lipinski definition) is 0. The molecule has 0 aliphatic heterocycles. The molecule has 13 heavy (non-hydrogen) atoms. The van der Waals surface area contributed by atoms with Crippen LogP contribution in [0, 0.1) is 6.33 Å². The van der Waals surface area contributed by atoms with E-state index in [0.29, 0.717) is 0 Å². The number of nitrogens with zero attached hydrogens (tertiary/aromatic N) is 2. The molecule has 1 aromatic carbocycles. The molecule has 2 rings (SSSR count). The third kappa shape index (κ3) is 1.84. The fourth-order valence-corrected chi connectivity index (χ4v) is 1.18. The van der Waals surface area contributed by atoms with Gasteiger partial charge in [-0.25, -0.2) is 9.97 Å².